The Hall–Kier alpha value is -4.46. The van der Waals surface area contributed by atoms with Crippen molar-refractivity contribution in [3.8, 4) is 5.75 Å². The summed E-state index contributed by atoms with van der Waals surface area (Å²) in [4.78, 5) is 33.1. The lowest BCUT2D eigenvalue weighted by Gasteiger charge is -2.10. The number of nitrogens with zero attached hydrogens (tertiary/aromatic N) is 3. The zero-order chi connectivity index (χ0) is 23.6. The lowest BCUT2D eigenvalue weighted by Crippen LogP contribution is -2.23. The molecule has 172 valence electrons. The lowest BCUT2D eigenvalue weighted by atomic mass is 10.1. The second-order valence-corrected chi connectivity index (χ2v) is 7.62. The summed E-state index contributed by atoms with van der Waals surface area (Å²) in [5.41, 5.74) is 2.80. The largest absolute Gasteiger partial charge is 0.487 e. The molecule has 0 bridgehead atoms. The molecule has 4 aromatic rings. The van der Waals surface area contributed by atoms with E-state index in [1.54, 1.807) is 49.2 Å². The summed E-state index contributed by atoms with van der Waals surface area (Å²) in [6.45, 7) is 1.26. The maximum atomic E-state index is 12.7. The fraction of sp³-hybridized carbons (Fsp3) is 0.154. The van der Waals surface area contributed by atoms with Crippen molar-refractivity contribution in [3.05, 3.63) is 108 Å². The molecule has 2 amide bonds. The number of benzene rings is 2. The van der Waals surface area contributed by atoms with Gasteiger partial charge in [0.1, 0.15) is 12.4 Å². The molecule has 4 rings (SSSR count). The lowest BCUT2D eigenvalue weighted by molar-refractivity contribution is -0.116. The van der Waals surface area contributed by atoms with Gasteiger partial charge in [-0.3, -0.25) is 14.6 Å². The first kappa shape index (κ1) is 22.7. The average molecular weight is 456 g/mol. The molecular weight excluding hydrogens is 430 g/mol. The minimum absolute atomic E-state index is 0.131. The highest BCUT2D eigenvalue weighted by Crippen LogP contribution is 2.16. The standard InChI is InChI=1S/C26H25N5O3/c32-25(10-13-31-14-12-27-19-31)30-22-8-4-6-21(16-22)26(33)29-17-20-5-3-9-24(15-20)34-18-23-7-1-2-11-28-23/h1-9,11-12,14-16,19H,10,13,17-18H2,(H,29,33)(H,30,32). The van der Waals surface area contributed by atoms with Crippen molar-refractivity contribution in [3.63, 3.8) is 0 Å². The molecule has 8 heteroatoms. The predicted molar refractivity (Wildman–Crippen MR) is 128 cm³/mol. The monoisotopic (exact) mass is 455 g/mol. The van der Waals surface area contributed by atoms with E-state index in [2.05, 4.69) is 20.6 Å². The predicted octanol–water partition coefficient (Wildman–Crippen LogP) is 3.82. The van der Waals surface area contributed by atoms with Crippen molar-refractivity contribution in [1.29, 1.82) is 0 Å². The van der Waals surface area contributed by atoms with Crippen LogP contribution in [0, 0.1) is 0 Å². The molecule has 0 spiro atoms. The van der Waals surface area contributed by atoms with Gasteiger partial charge in [-0.05, 0) is 48.0 Å². The molecule has 2 heterocycles. The Morgan fingerprint density at radius 3 is 2.71 bits per heavy atom. The van der Waals surface area contributed by atoms with Crippen LogP contribution in [0.15, 0.2) is 91.6 Å². The zero-order valence-corrected chi connectivity index (χ0v) is 18.6. The molecular formula is C26H25N5O3. The molecule has 0 unspecified atom stereocenters. The molecule has 0 saturated carbocycles. The highest BCUT2D eigenvalue weighted by molar-refractivity contribution is 5.97. The quantitative estimate of drug-likeness (QED) is 0.379. The molecule has 34 heavy (non-hydrogen) atoms. The number of carbonyl (C=O) groups is 2. The number of nitrogens with one attached hydrogen (secondary N) is 2. The van der Waals surface area contributed by atoms with E-state index in [1.807, 2.05) is 47.0 Å². The van der Waals surface area contributed by atoms with Crippen LogP contribution in [0.1, 0.15) is 28.0 Å². The second-order valence-electron chi connectivity index (χ2n) is 7.62. The Kier molecular flexibility index (Phi) is 7.63. The van der Waals surface area contributed by atoms with Gasteiger partial charge >= 0.3 is 0 Å². The van der Waals surface area contributed by atoms with Crippen molar-refractivity contribution in [2.45, 2.75) is 26.1 Å². The van der Waals surface area contributed by atoms with Crippen LogP contribution < -0.4 is 15.4 Å². The molecule has 0 saturated heterocycles. The maximum Gasteiger partial charge on any atom is 0.251 e. The van der Waals surface area contributed by atoms with Gasteiger partial charge in [0, 0.05) is 49.4 Å². The Bertz CT molecular complexity index is 1230. The second kappa shape index (κ2) is 11.4. The fourth-order valence-corrected chi connectivity index (χ4v) is 3.28. The Labute approximate surface area is 197 Å². The van der Waals surface area contributed by atoms with Crippen LogP contribution in [0.4, 0.5) is 5.69 Å². The van der Waals surface area contributed by atoms with Crippen LogP contribution in [0.3, 0.4) is 0 Å². The first-order chi connectivity index (χ1) is 16.7. The van der Waals surface area contributed by atoms with E-state index in [4.69, 9.17) is 4.74 Å². The summed E-state index contributed by atoms with van der Waals surface area (Å²) < 4.78 is 7.64. The van der Waals surface area contributed by atoms with Gasteiger partial charge < -0.3 is 19.9 Å². The Morgan fingerprint density at radius 2 is 1.88 bits per heavy atom. The third-order valence-electron chi connectivity index (χ3n) is 5.03. The third kappa shape index (κ3) is 6.77. The van der Waals surface area contributed by atoms with E-state index in [9.17, 15) is 9.59 Å². The number of imidazole rings is 1. The fourth-order valence-electron chi connectivity index (χ4n) is 3.28. The maximum absolute atomic E-state index is 12.7. The summed E-state index contributed by atoms with van der Waals surface area (Å²) in [7, 11) is 0. The van der Waals surface area contributed by atoms with E-state index in [0.717, 1.165) is 11.3 Å². The molecule has 2 aromatic heterocycles. The number of rotatable bonds is 10. The van der Waals surface area contributed by atoms with E-state index in [0.29, 0.717) is 43.1 Å². The molecule has 2 N–H and O–H groups in total. The van der Waals surface area contributed by atoms with Crippen molar-refractivity contribution in [1.82, 2.24) is 19.9 Å². The molecule has 0 aliphatic carbocycles. The number of amides is 2. The zero-order valence-electron chi connectivity index (χ0n) is 18.6. The number of anilines is 1. The normalized spacial score (nSPS) is 10.5. The Morgan fingerprint density at radius 1 is 0.971 bits per heavy atom. The molecule has 0 fully saturated rings. The summed E-state index contributed by atoms with van der Waals surface area (Å²) >= 11 is 0. The van der Waals surface area contributed by atoms with Gasteiger partial charge in [-0.2, -0.15) is 0 Å². The van der Waals surface area contributed by atoms with Gasteiger partial charge in [-0.15, -0.1) is 0 Å². The van der Waals surface area contributed by atoms with Gasteiger partial charge in [-0.25, -0.2) is 4.98 Å². The van der Waals surface area contributed by atoms with E-state index < -0.39 is 0 Å². The molecule has 2 aromatic carbocycles. The van der Waals surface area contributed by atoms with Crippen molar-refractivity contribution in [2.24, 2.45) is 0 Å². The van der Waals surface area contributed by atoms with Gasteiger partial charge in [0.2, 0.25) is 5.91 Å². The molecule has 0 aliphatic heterocycles. The van der Waals surface area contributed by atoms with Crippen LogP contribution in [0.25, 0.3) is 0 Å². The van der Waals surface area contributed by atoms with E-state index in [1.165, 1.54) is 0 Å². The van der Waals surface area contributed by atoms with Gasteiger partial charge in [0.25, 0.3) is 5.91 Å². The highest BCUT2D eigenvalue weighted by atomic mass is 16.5. The summed E-state index contributed by atoms with van der Waals surface area (Å²) in [6, 6.07) is 20.1. The van der Waals surface area contributed by atoms with Crippen molar-refractivity contribution >= 4 is 17.5 Å². The first-order valence-corrected chi connectivity index (χ1v) is 10.9. The third-order valence-corrected chi connectivity index (χ3v) is 5.03. The minimum Gasteiger partial charge on any atom is -0.487 e. The van der Waals surface area contributed by atoms with Crippen LogP contribution in [-0.4, -0.2) is 26.3 Å². The van der Waals surface area contributed by atoms with Gasteiger partial charge in [-0.1, -0.05) is 24.3 Å². The van der Waals surface area contributed by atoms with Crippen molar-refractivity contribution in [2.75, 3.05) is 5.32 Å². The Balaban J connectivity index is 1.28. The van der Waals surface area contributed by atoms with Gasteiger partial charge in [0.05, 0.1) is 12.0 Å². The summed E-state index contributed by atoms with van der Waals surface area (Å²) in [5, 5.41) is 5.74. The number of aromatic nitrogens is 3. The molecule has 0 radical (unpaired) electrons. The SMILES string of the molecule is O=C(CCn1ccnc1)Nc1cccc(C(=O)NCc2cccc(OCc3ccccn3)c2)c1. The van der Waals surface area contributed by atoms with E-state index in [-0.39, 0.29) is 11.8 Å². The average Bonchev–Trinajstić information content (AvgIpc) is 3.40. The molecule has 0 atom stereocenters. The number of carbonyl (C=O) groups excluding carboxylic acids is 2. The minimum atomic E-state index is -0.227. The van der Waals surface area contributed by atoms with E-state index >= 15 is 0 Å². The van der Waals surface area contributed by atoms with Crippen LogP contribution in [-0.2, 0) is 24.5 Å². The number of hydrogen-bond acceptors (Lipinski definition) is 5. The van der Waals surface area contributed by atoms with Crippen LogP contribution >= 0.6 is 0 Å². The smallest absolute Gasteiger partial charge is 0.251 e. The first-order valence-electron chi connectivity index (χ1n) is 10.9. The highest BCUT2D eigenvalue weighted by Gasteiger charge is 2.09. The number of hydrogen-bond donors (Lipinski definition) is 2. The summed E-state index contributed by atoms with van der Waals surface area (Å²) in [5.74, 6) is 0.348. The number of ether oxygens (including phenoxy) is 1. The summed E-state index contributed by atoms with van der Waals surface area (Å²) in [6.07, 6.45) is 7.19. The molecule has 0 aliphatic rings. The van der Waals surface area contributed by atoms with Crippen LogP contribution in [0.2, 0.25) is 0 Å². The number of aryl methyl sites for hydroxylation is 1. The number of pyridine rings is 1. The topological polar surface area (TPSA) is 98.1 Å². The molecule has 8 nitrogen and oxygen atoms in total. The van der Waals surface area contributed by atoms with Crippen LogP contribution in [0.5, 0.6) is 5.75 Å². The van der Waals surface area contributed by atoms with Crippen molar-refractivity contribution < 1.29 is 14.3 Å². The van der Waals surface area contributed by atoms with Gasteiger partial charge in [0.15, 0.2) is 0 Å².